The second-order valence-electron chi connectivity index (χ2n) is 6.89. The van der Waals surface area contributed by atoms with Gasteiger partial charge in [-0.2, -0.15) is 4.31 Å². The Balaban J connectivity index is 1.80. The topological polar surface area (TPSA) is 57.7 Å². The third kappa shape index (κ3) is 4.61. The summed E-state index contributed by atoms with van der Waals surface area (Å²) in [5.41, 5.74) is 0.637. The van der Waals surface area contributed by atoms with E-state index in [9.17, 15) is 17.6 Å². The van der Waals surface area contributed by atoms with Gasteiger partial charge in [-0.1, -0.05) is 28.4 Å². The Morgan fingerprint density at radius 1 is 1.14 bits per heavy atom. The summed E-state index contributed by atoms with van der Waals surface area (Å²) in [6.45, 7) is 1.08. The summed E-state index contributed by atoms with van der Waals surface area (Å²) in [4.78, 5) is 14.3. The minimum atomic E-state index is -3.62. The van der Waals surface area contributed by atoms with Crippen LogP contribution in [-0.4, -0.2) is 43.7 Å². The zero-order chi connectivity index (χ0) is 20.3. The highest BCUT2D eigenvalue weighted by atomic mass is 79.9. The van der Waals surface area contributed by atoms with E-state index in [1.54, 1.807) is 31.3 Å². The summed E-state index contributed by atoms with van der Waals surface area (Å²) in [5, 5.41) is 0. The fourth-order valence-corrected chi connectivity index (χ4v) is 5.23. The van der Waals surface area contributed by atoms with E-state index < -0.39 is 15.8 Å². The lowest BCUT2D eigenvalue weighted by molar-refractivity contribution is 0.0783. The molecule has 1 aliphatic heterocycles. The first-order valence-corrected chi connectivity index (χ1v) is 11.3. The molecule has 150 valence electrons. The highest BCUT2D eigenvalue weighted by molar-refractivity contribution is 9.10. The van der Waals surface area contributed by atoms with Gasteiger partial charge in [0.05, 0.1) is 4.90 Å². The number of nitrogens with zero attached hydrogens (tertiary/aromatic N) is 2. The molecule has 1 heterocycles. The Bertz CT molecular complexity index is 975. The maximum absolute atomic E-state index is 14.0. The van der Waals surface area contributed by atoms with Crippen LogP contribution in [0.25, 0.3) is 0 Å². The number of hydrogen-bond acceptors (Lipinski definition) is 3. The Morgan fingerprint density at radius 2 is 1.86 bits per heavy atom. The van der Waals surface area contributed by atoms with E-state index in [4.69, 9.17) is 0 Å². The van der Waals surface area contributed by atoms with Crippen LogP contribution in [0.4, 0.5) is 4.39 Å². The molecule has 0 N–H and O–H groups in total. The Morgan fingerprint density at radius 3 is 2.57 bits per heavy atom. The van der Waals surface area contributed by atoms with Crippen molar-refractivity contribution in [1.29, 1.82) is 0 Å². The molecular formula is C20H22BrFN2O3S. The predicted octanol–water partition coefficient (Wildman–Crippen LogP) is 4.04. The standard InChI is InChI=1S/C20H22BrFN2O3S/c1-23(14-16-12-17(21)8-9-19(16)22)20(25)15-6-5-7-18(13-15)28(26,27)24-10-3-2-4-11-24/h5-9,12-13H,2-4,10-11,14H2,1H3. The van der Waals surface area contributed by atoms with Gasteiger partial charge in [-0.05, 0) is 49.2 Å². The minimum Gasteiger partial charge on any atom is -0.337 e. The third-order valence-electron chi connectivity index (χ3n) is 4.80. The number of amides is 1. The van der Waals surface area contributed by atoms with Gasteiger partial charge in [0.25, 0.3) is 5.91 Å². The van der Waals surface area contributed by atoms with Crippen molar-refractivity contribution in [2.75, 3.05) is 20.1 Å². The summed E-state index contributed by atoms with van der Waals surface area (Å²) in [6, 6.07) is 10.6. The zero-order valence-corrected chi connectivity index (χ0v) is 18.0. The number of benzene rings is 2. The molecule has 0 unspecified atom stereocenters. The quantitative estimate of drug-likeness (QED) is 0.665. The van der Waals surface area contributed by atoms with Gasteiger partial charge in [0, 0.05) is 42.3 Å². The van der Waals surface area contributed by atoms with E-state index in [1.165, 1.54) is 27.4 Å². The predicted molar refractivity (Wildman–Crippen MR) is 109 cm³/mol. The van der Waals surface area contributed by atoms with E-state index in [-0.39, 0.29) is 22.9 Å². The van der Waals surface area contributed by atoms with Gasteiger partial charge >= 0.3 is 0 Å². The van der Waals surface area contributed by atoms with Crippen molar-refractivity contribution >= 4 is 31.9 Å². The van der Waals surface area contributed by atoms with Crippen LogP contribution in [0, 0.1) is 5.82 Å². The van der Waals surface area contributed by atoms with Crippen LogP contribution >= 0.6 is 15.9 Å². The van der Waals surface area contributed by atoms with Crippen LogP contribution in [-0.2, 0) is 16.6 Å². The highest BCUT2D eigenvalue weighted by Gasteiger charge is 2.27. The molecule has 0 radical (unpaired) electrons. The second kappa shape index (κ2) is 8.71. The number of halogens is 2. The molecule has 5 nitrogen and oxygen atoms in total. The molecule has 0 spiro atoms. The van der Waals surface area contributed by atoms with E-state index in [1.807, 2.05) is 0 Å². The average molecular weight is 469 g/mol. The summed E-state index contributed by atoms with van der Waals surface area (Å²) in [7, 11) is -2.05. The lowest BCUT2D eigenvalue weighted by Crippen LogP contribution is -2.35. The fraction of sp³-hybridized carbons (Fsp3) is 0.350. The van der Waals surface area contributed by atoms with Gasteiger partial charge in [-0.3, -0.25) is 4.79 Å². The molecule has 1 amide bonds. The Labute approximate surface area is 173 Å². The van der Waals surface area contributed by atoms with E-state index >= 15 is 0 Å². The number of carbonyl (C=O) groups is 1. The van der Waals surface area contributed by atoms with Crippen molar-refractivity contribution in [3.63, 3.8) is 0 Å². The lowest BCUT2D eigenvalue weighted by Gasteiger charge is -2.26. The molecule has 3 rings (SSSR count). The van der Waals surface area contributed by atoms with Crippen molar-refractivity contribution < 1.29 is 17.6 Å². The van der Waals surface area contributed by atoms with Crippen LogP contribution in [0.1, 0.15) is 35.2 Å². The number of hydrogen-bond donors (Lipinski definition) is 0. The molecule has 8 heteroatoms. The maximum atomic E-state index is 14.0. The van der Waals surface area contributed by atoms with Crippen LogP contribution in [0.15, 0.2) is 51.8 Å². The molecule has 0 aliphatic carbocycles. The van der Waals surface area contributed by atoms with Crippen LogP contribution in [0.2, 0.25) is 0 Å². The van der Waals surface area contributed by atoms with Crippen LogP contribution in [0.3, 0.4) is 0 Å². The zero-order valence-electron chi connectivity index (χ0n) is 15.6. The molecule has 28 heavy (non-hydrogen) atoms. The maximum Gasteiger partial charge on any atom is 0.253 e. The number of piperidine rings is 1. The smallest absolute Gasteiger partial charge is 0.253 e. The molecule has 1 aliphatic rings. The van der Waals surface area contributed by atoms with E-state index in [0.717, 1.165) is 23.7 Å². The molecule has 0 atom stereocenters. The molecular weight excluding hydrogens is 447 g/mol. The summed E-state index contributed by atoms with van der Waals surface area (Å²) in [6.07, 6.45) is 2.72. The van der Waals surface area contributed by atoms with Crippen LogP contribution < -0.4 is 0 Å². The van der Waals surface area contributed by atoms with Gasteiger partial charge in [-0.15, -0.1) is 0 Å². The van der Waals surface area contributed by atoms with Crippen LogP contribution in [0.5, 0.6) is 0 Å². The van der Waals surface area contributed by atoms with Crippen molar-refractivity contribution in [3.8, 4) is 0 Å². The van der Waals surface area contributed by atoms with Gasteiger partial charge < -0.3 is 4.90 Å². The third-order valence-corrected chi connectivity index (χ3v) is 7.18. The van der Waals surface area contributed by atoms with Crippen molar-refractivity contribution in [1.82, 2.24) is 9.21 Å². The van der Waals surface area contributed by atoms with Crippen molar-refractivity contribution in [3.05, 3.63) is 63.9 Å². The molecule has 1 saturated heterocycles. The lowest BCUT2D eigenvalue weighted by atomic mass is 10.1. The molecule has 0 aromatic heterocycles. The average Bonchev–Trinajstić information content (AvgIpc) is 2.71. The minimum absolute atomic E-state index is 0.0766. The molecule has 0 bridgehead atoms. The summed E-state index contributed by atoms with van der Waals surface area (Å²) >= 11 is 3.30. The fourth-order valence-electron chi connectivity index (χ4n) is 3.26. The first kappa shape index (κ1) is 21.0. The first-order valence-electron chi connectivity index (χ1n) is 9.08. The molecule has 0 saturated carbocycles. The Kier molecular flexibility index (Phi) is 6.52. The van der Waals surface area contributed by atoms with Gasteiger partial charge in [-0.25, -0.2) is 12.8 Å². The Hall–Kier alpha value is -1.77. The molecule has 2 aromatic rings. The second-order valence-corrected chi connectivity index (χ2v) is 9.74. The first-order chi connectivity index (χ1) is 13.3. The van der Waals surface area contributed by atoms with Crippen molar-refractivity contribution in [2.24, 2.45) is 0 Å². The van der Waals surface area contributed by atoms with Gasteiger partial charge in [0.2, 0.25) is 10.0 Å². The van der Waals surface area contributed by atoms with E-state index in [2.05, 4.69) is 15.9 Å². The highest BCUT2D eigenvalue weighted by Crippen LogP contribution is 2.22. The molecule has 1 fully saturated rings. The largest absolute Gasteiger partial charge is 0.337 e. The molecule has 2 aromatic carbocycles. The van der Waals surface area contributed by atoms with Crippen molar-refractivity contribution in [2.45, 2.75) is 30.7 Å². The van der Waals surface area contributed by atoms with Gasteiger partial charge in [0.15, 0.2) is 0 Å². The number of sulfonamides is 1. The SMILES string of the molecule is CN(Cc1cc(Br)ccc1F)C(=O)c1cccc(S(=O)(=O)N2CCCCC2)c1. The van der Waals surface area contributed by atoms with E-state index in [0.29, 0.717) is 18.7 Å². The monoisotopic (exact) mass is 468 g/mol. The van der Waals surface area contributed by atoms with Gasteiger partial charge in [0.1, 0.15) is 5.82 Å². The summed E-state index contributed by atoms with van der Waals surface area (Å²) in [5.74, 6) is -0.764. The number of rotatable bonds is 5. The number of carbonyl (C=O) groups excluding carboxylic acids is 1. The summed E-state index contributed by atoms with van der Waals surface area (Å²) < 4.78 is 41.9. The normalized spacial score (nSPS) is 15.4.